The van der Waals surface area contributed by atoms with Crippen molar-refractivity contribution in [2.24, 2.45) is 0 Å². The van der Waals surface area contributed by atoms with Crippen LogP contribution in [0.2, 0.25) is 0 Å². The maximum absolute atomic E-state index is 10.2. The summed E-state index contributed by atoms with van der Waals surface area (Å²) in [4.78, 5) is 10.2. The van der Waals surface area contributed by atoms with Crippen molar-refractivity contribution in [3.05, 3.63) is 47.7 Å². The third-order valence-electron chi connectivity index (χ3n) is 1.61. The lowest BCUT2D eigenvalue weighted by atomic mass is 10.2. The molecule has 4 nitrogen and oxygen atoms in total. The molecule has 1 aromatic rings. The molecule has 0 bridgehead atoms. The van der Waals surface area contributed by atoms with Crippen LogP contribution in [-0.4, -0.2) is 21.3 Å². The molecule has 0 saturated heterocycles. The van der Waals surface area contributed by atoms with Gasteiger partial charge in [-0.2, -0.15) is 0 Å². The van der Waals surface area contributed by atoms with Crippen molar-refractivity contribution in [2.45, 2.75) is 0 Å². The summed E-state index contributed by atoms with van der Waals surface area (Å²) in [6, 6.07) is 6.27. The van der Waals surface area contributed by atoms with Gasteiger partial charge in [-0.05, 0) is 23.8 Å². The summed E-state index contributed by atoms with van der Waals surface area (Å²) in [6.07, 6.45) is 3.49. The van der Waals surface area contributed by atoms with Crippen molar-refractivity contribution < 1.29 is 20.1 Å². The van der Waals surface area contributed by atoms with Crippen molar-refractivity contribution >= 4 is 12.0 Å². The largest absolute Gasteiger partial charge is 0.508 e. The molecule has 0 amide bonds. The third kappa shape index (κ3) is 3.99. The number of aliphatic hydroxyl groups excluding tert-OH is 1. The number of phenolic OH excluding ortho intramolecular Hbond substituents is 1. The highest BCUT2D eigenvalue weighted by Crippen LogP contribution is 2.11. The summed E-state index contributed by atoms with van der Waals surface area (Å²) in [5.41, 5.74) is 0.748. The van der Waals surface area contributed by atoms with Crippen LogP contribution in [0.5, 0.6) is 5.75 Å². The van der Waals surface area contributed by atoms with Crippen molar-refractivity contribution in [3.63, 3.8) is 0 Å². The fraction of sp³-hybridized carbons (Fsp3) is 0. The van der Waals surface area contributed by atoms with E-state index in [1.165, 1.54) is 24.3 Å². The molecule has 0 unspecified atom stereocenters. The Labute approximate surface area is 86.4 Å². The zero-order chi connectivity index (χ0) is 11.3. The van der Waals surface area contributed by atoms with Gasteiger partial charge in [-0.3, -0.25) is 0 Å². The molecule has 0 atom stereocenters. The second-order valence-electron chi connectivity index (χ2n) is 2.83. The molecule has 0 aliphatic heterocycles. The summed E-state index contributed by atoms with van der Waals surface area (Å²) in [7, 11) is 0. The monoisotopic (exact) mass is 206 g/mol. The van der Waals surface area contributed by atoms with E-state index in [4.69, 9.17) is 15.3 Å². The van der Waals surface area contributed by atoms with Gasteiger partial charge in [0.05, 0.1) is 6.08 Å². The Morgan fingerprint density at radius 3 is 2.27 bits per heavy atom. The van der Waals surface area contributed by atoms with E-state index >= 15 is 0 Å². The number of benzene rings is 1. The minimum absolute atomic E-state index is 0.150. The first kappa shape index (κ1) is 10.8. The van der Waals surface area contributed by atoms with Crippen LogP contribution in [0.25, 0.3) is 6.08 Å². The summed E-state index contributed by atoms with van der Waals surface area (Å²) < 4.78 is 0. The Kier molecular flexibility index (Phi) is 3.51. The fourth-order valence-corrected chi connectivity index (χ4v) is 0.942. The molecule has 1 aromatic carbocycles. The van der Waals surface area contributed by atoms with Gasteiger partial charge in [0.2, 0.25) is 0 Å². The second-order valence-corrected chi connectivity index (χ2v) is 2.83. The van der Waals surface area contributed by atoms with Gasteiger partial charge in [0.1, 0.15) is 11.5 Å². The van der Waals surface area contributed by atoms with E-state index < -0.39 is 5.97 Å². The average molecular weight is 206 g/mol. The number of phenols is 1. The van der Waals surface area contributed by atoms with E-state index in [2.05, 4.69) is 0 Å². The van der Waals surface area contributed by atoms with Crippen LogP contribution in [0.3, 0.4) is 0 Å². The topological polar surface area (TPSA) is 77.8 Å². The minimum Gasteiger partial charge on any atom is -0.508 e. The lowest BCUT2D eigenvalue weighted by molar-refractivity contribution is -0.131. The van der Waals surface area contributed by atoms with Crippen LogP contribution in [-0.2, 0) is 4.79 Å². The van der Waals surface area contributed by atoms with Crippen LogP contribution < -0.4 is 0 Å². The van der Waals surface area contributed by atoms with Gasteiger partial charge in [-0.15, -0.1) is 0 Å². The molecule has 0 aliphatic rings. The first-order valence-electron chi connectivity index (χ1n) is 4.18. The third-order valence-corrected chi connectivity index (χ3v) is 1.61. The zero-order valence-corrected chi connectivity index (χ0v) is 7.79. The van der Waals surface area contributed by atoms with Gasteiger partial charge in [-0.1, -0.05) is 18.2 Å². The average Bonchev–Trinajstić information content (AvgIpc) is 2.16. The standard InChI is InChI=1S/C11H10O4/c12-9-4-1-8(2-5-9)3-6-10(13)7-11(14)15/h1-7,12-13H,(H,14,15). The molecule has 4 heteroatoms. The van der Waals surface area contributed by atoms with E-state index in [1.807, 2.05) is 0 Å². The maximum Gasteiger partial charge on any atom is 0.332 e. The smallest absolute Gasteiger partial charge is 0.332 e. The van der Waals surface area contributed by atoms with Crippen LogP contribution in [0.4, 0.5) is 0 Å². The lowest BCUT2D eigenvalue weighted by Crippen LogP contribution is -1.89. The highest BCUT2D eigenvalue weighted by Gasteiger charge is 1.92. The molecular weight excluding hydrogens is 196 g/mol. The van der Waals surface area contributed by atoms with Gasteiger partial charge < -0.3 is 15.3 Å². The number of aliphatic hydroxyl groups is 1. The molecule has 0 heterocycles. The van der Waals surface area contributed by atoms with E-state index in [9.17, 15) is 4.79 Å². The van der Waals surface area contributed by atoms with E-state index in [-0.39, 0.29) is 11.5 Å². The number of carboxylic acid groups (broad SMARTS) is 1. The number of aromatic hydroxyl groups is 1. The molecular formula is C11H10O4. The van der Waals surface area contributed by atoms with E-state index in [1.54, 1.807) is 12.1 Å². The maximum atomic E-state index is 10.2. The molecule has 3 N–H and O–H groups in total. The summed E-state index contributed by atoms with van der Waals surface area (Å²) in [5.74, 6) is -1.39. The second kappa shape index (κ2) is 4.85. The molecule has 0 fully saturated rings. The predicted octanol–water partition coefficient (Wildman–Crippen LogP) is 1.93. The number of rotatable bonds is 3. The number of allylic oxidation sites excluding steroid dienone is 1. The molecule has 0 aromatic heterocycles. The first-order valence-corrected chi connectivity index (χ1v) is 4.18. The summed E-state index contributed by atoms with van der Waals surface area (Å²) in [5, 5.41) is 26.4. The Hall–Kier alpha value is -2.23. The van der Waals surface area contributed by atoms with E-state index in [0.717, 1.165) is 5.56 Å². The minimum atomic E-state index is -1.21. The van der Waals surface area contributed by atoms with Crippen LogP contribution >= 0.6 is 0 Å². The molecule has 15 heavy (non-hydrogen) atoms. The first-order chi connectivity index (χ1) is 7.08. The summed E-state index contributed by atoms with van der Waals surface area (Å²) in [6.45, 7) is 0. The Morgan fingerprint density at radius 1 is 1.13 bits per heavy atom. The Balaban J connectivity index is 2.73. The van der Waals surface area contributed by atoms with Crippen molar-refractivity contribution in [1.82, 2.24) is 0 Å². The molecule has 1 rings (SSSR count). The predicted molar refractivity (Wildman–Crippen MR) is 55.5 cm³/mol. The molecule has 0 radical (unpaired) electrons. The van der Waals surface area contributed by atoms with Crippen molar-refractivity contribution in [3.8, 4) is 5.75 Å². The number of aliphatic carboxylic acids is 1. The van der Waals surface area contributed by atoms with Crippen molar-refractivity contribution in [1.29, 1.82) is 0 Å². The van der Waals surface area contributed by atoms with Crippen LogP contribution in [0, 0.1) is 0 Å². The van der Waals surface area contributed by atoms with Crippen LogP contribution in [0.1, 0.15) is 5.56 Å². The lowest BCUT2D eigenvalue weighted by Gasteiger charge is -1.93. The fourth-order valence-electron chi connectivity index (χ4n) is 0.942. The van der Waals surface area contributed by atoms with Gasteiger partial charge in [0.15, 0.2) is 0 Å². The summed E-state index contributed by atoms with van der Waals surface area (Å²) >= 11 is 0. The zero-order valence-electron chi connectivity index (χ0n) is 7.79. The van der Waals surface area contributed by atoms with Gasteiger partial charge in [0.25, 0.3) is 0 Å². The van der Waals surface area contributed by atoms with Gasteiger partial charge >= 0.3 is 5.97 Å². The van der Waals surface area contributed by atoms with Gasteiger partial charge in [0, 0.05) is 0 Å². The van der Waals surface area contributed by atoms with E-state index in [0.29, 0.717) is 6.08 Å². The number of carbonyl (C=O) groups is 1. The molecule has 78 valence electrons. The molecule has 0 aliphatic carbocycles. The number of hydrogen-bond acceptors (Lipinski definition) is 3. The molecule has 0 spiro atoms. The molecule has 0 saturated carbocycles. The Morgan fingerprint density at radius 2 is 1.73 bits per heavy atom. The SMILES string of the molecule is O=C(O)C=C(O)C=Cc1ccc(O)cc1. The number of hydrogen-bond donors (Lipinski definition) is 3. The number of carboxylic acids is 1. The normalized spacial score (nSPS) is 11.9. The Bertz CT molecular complexity index is 401. The highest BCUT2D eigenvalue weighted by molar-refractivity contribution is 5.81. The quantitative estimate of drug-likeness (QED) is 0.401. The van der Waals surface area contributed by atoms with Crippen molar-refractivity contribution in [2.75, 3.05) is 0 Å². The van der Waals surface area contributed by atoms with Gasteiger partial charge in [-0.25, -0.2) is 4.79 Å². The highest BCUT2D eigenvalue weighted by atomic mass is 16.4. The van der Waals surface area contributed by atoms with Crippen LogP contribution in [0.15, 0.2) is 42.2 Å².